The Morgan fingerprint density at radius 3 is 2.40 bits per heavy atom. The molecule has 0 radical (unpaired) electrons. The second-order valence-electron chi connectivity index (χ2n) is 3.57. The van der Waals surface area contributed by atoms with Crippen molar-refractivity contribution in [2.45, 2.75) is 51.9 Å². The average Bonchev–Trinajstić information content (AvgIpc) is 2.63. The van der Waals surface area contributed by atoms with E-state index < -0.39 is 0 Å². The molecule has 0 saturated carbocycles. The van der Waals surface area contributed by atoms with Gasteiger partial charge in [0.05, 0.1) is 0 Å². The Bertz CT molecular complexity index is 199. The van der Waals surface area contributed by atoms with Crippen LogP contribution in [-0.4, -0.2) is 23.1 Å². The van der Waals surface area contributed by atoms with Gasteiger partial charge in [0.2, 0.25) is 0 Å². The maximum absolute atomic E-state index is 3.28. The molecular weight excluding hydrogens is 280 g/mol. The summed E-state index contributed by atoms with van der Waals surface area (Å²) in [6, 6.07) is 2.19. The number of halogens is 1. The minimum absolute atomic E-state index is 0. The Balaban J connectivity index is 0. The predicted octanol–water partition coefficient (Wildman–Crippen LogP) is 1.07. The Labute approximate surface area is 125 Å². The molecule has 0 aromatic carbocycles. The maximum Gasteiger partial charge on any atom is 2.00 e. The van der Waals surface area contributed by atoms with Gasteiger partial charge < -0.3 is 28.3 Å². The molecule has 15 heavy (non-hydrogen) atoms. The van der Waals surface area contributed by atoms with Crippen molar-refractivity contribution >= 4 is 34.4 Å². The molecule has 1 aromatic heterocycles. The molecule has 0 spiro atoms. The first-order valence-electron chi connectivity index (χ1n) is 5.37. The molecular formula is C12H19BrMgS. The average molecular weight is 300 g/mol. The van der Waals surface area contributed by atoms with Crippen LogP contribution in [0.1, 0.15) is 51.0 Å². The SMILES string of the molecule is CCCCCCCCc1[c-]scc1.[Br-].[Mg+2]. The summed E-state index contributed by atoms with van der Waals surface area (Å²) in [5.74, 6) is 0. The summed E-state index contributed by atoms with van der Waals surface area (Å²) in [6.07, 6.45) is 9.56. The quantitative estimate of drug-likeness (QED) is 0.401. The van der Waals surface area contributed by atoms with Gasteiger partial charge in [-0.05, 0) is 0 Å². The van der Waals surface area contributed by atoms with Gasteiger partial charge in [-0.3, -0.25) is 0 Å². The van der Waals surface area contributed by atoms with Crippen molar-refractivity contribution in [3.05, 3.63) is 22.4 Å². The third-order valence-electron chi connectivity index (χ3n) is 2.33. The predicted molar refractivity (Wildman–Crippen MR) is 66.0 cm³/mol. The van der Waals surface area contributed by atoms with Crippen LogP contribution in [0, 0.1) is 5.38 Å². The molecule has 1 rings (SSSR count). The molecule has 82 valence electrons. The van der Waals surface area contributed by atoms with E-state index in [0.717, 1.165) is 0 Å². The molecule has 0 aliphatic heterocycles. The molecule has 1 heterocycles. The number of hydrogen-bond acceptors (Lipinski definition) is 1. The van der Waals surface area contributed by atoms with E-state index in [0.29, 0.717) is 0 Å². The van der Waals surface area contributed by atoms with Gasteiger partial charge in [-0.25, -0.2) is 6.07 Å². The second kappa shape index (κ2) is 13.0. The van der Waals surface area contributed by atoms with Crippen molar-refractivity contribution in [2.24, 2.45) is 0 Å². The van der Waals surface area contributed by atoms with Gasteiger partial charge in [0.25, 0.3) is 0 Å². The molecule has 0 fully saturated rings. The number of hydrogen-bond donors (Lipinski definition) is 0. The van der Waals surface area contributed by atoms with Gasteiger partial charge in [0.1, 0.15) is 0 Å². The van der Waals surface area contributed by atoms with Crippen molar-refractivity contribution in [1.82, 2.24) is 0 Å². The first-order valence-corrected chi connectivity index (χ1v) is 6.25. The summed E-state index contributed by atoms with van der Waals surface area (Å²) in [5.41, 5.74) is 1.40. The van der Waals surface area contributed by atoms with E-state index in [2.05, 4.69) is 23.8 Å². The van der Waals surface area contributed by atoms with Gasteiger partial charge in [0.15, 0.2) is 0 Å². The van der Waals surface area contributed by atoms with Gasteiger partial charge in [-0.15, -0.1) is 5.38 Å². The summed E-state index contributed by atoms with van der Waals surface area (Å²) in [7, 11) is 0. The fourth-order valence-corrected chi connectivity index (χ4v) is 2.11. The fourth-order valence-electron chi connectivity index (χ4n) is 1.49. The molecule has 0 aliphatic rings. The van der Waals surface area contributed by atoms with Crippen molar-refractivity contribution < 1.29 is 17.0 Å². The van der Waals surface area contributed by atoms with E-state index in [4.69, 9.17) is 0 Å². The summed E-state index contributed by atoms with van der Waals surface area (Å²) < 4.78 is 0. The third kappa shape index (κ3) is 9.85. The van der Waals surface area contributed by atoms with E-state index in [1.807, 2.05) is 0 Å². The van der Waals surface area contributed by atoms with E-state index in [1.54, 1.807) is 11.3 Å². The summed E-state index contributed by atoms with van der Waals surface area (Å²) in [4.78, 5) is 0. The van der Waals surface area contributed by atoms with E-state index >= 15 is 0 Å². The van der Waals surface area contributed by atoms with Crippen molar-refractivity contribution in [2.75, 3.05) is 0 Å². The molecule has 0 saturated heterocycles. The summed E-state index contributed by atoms with van der Waals surface area (Å²) in [5, 5.41) is 5.40. The molecule has 0 amide bonds. The minimum atomic E-state index is 0. The molecule has 0 N–H and O–H groups in total. The van der Waals surface area contributed by atoms with Gasteiger partial charge in [0, 0.05) is 0 Å². The molecule has 3 heteroatoms. The Hall–Kier alpha value is 0.946. The standard InChI is InChI=1S/C12H19S.BrH.Mg/c1-2-3-4-5-6-7-8-12-9-10-13-11-12;;/h9-10H,2-8H2,1H3;1H;/q-1;;+2/p-1. The molecule has 0 bridgehead atoms. The molecule has 0 unspecified atom stereocenters. The van der Waals surface area contributed by atoms with E-state index in [9.17, 15) is 0 Å². The van der Waals surface area contributed by atoms with E-state index in [1.165, 1.54) is 50.5 Å². The van der Waals surface area contributed by atoms with Crippen LogP contribution in [0.2, 0.25) is 0 Å². The topological polar surface area (TPSA) is 0 Å². The van der Waals surface area contributed by atoms with Crippen LogP contribution in [0.15, 0.2) is 11.4 Å². The third-order valence-corrected chi connectivity index (χ3v) is 2.98. The monoisotopic (exact) mass is 298 g/mol. The zero-order valence-electron chi connectivity index (χ0n) is 9.60. The van der Waals surface area contributed by atoms with Gasteiger partial charge in [-0.1, -0.05) is 51.9 Å². The van der Waals surface area contributed by atoms with Crippen LogP contribution in [0.25, 0.3) is 0 Å². The number of aryl methyl sites for hydroxylation is 1. The first kappa shape index (κ1) is 18.3. The molecule has 0 aliphatic carbocycles. The molecule has 0 atom stereocenters. The largest absolute Gasteiger partial charge is 2.00 e. The fraction of sp³-hybridized carbons (Fsp3) is 0.667. The Kier molecular flexibility index (Phi) is 15.9. The van der Waals surface area contributed by atoms with Crippen molar-refractivity contribution in [3.63, 3.8) is 0 Å². The number of thiophene rings is 1. The second-order valence-corrected chi connectivity index (χ2v) is 4.28. The summed E-state index contributed by atoms with van der Waals surface area (Å²) >= 11 is 1.69. The maximum atomic E-state index is 3.28. The first-order chi connectivity index (χ1) is 6.43. The van der Waals surface area contributed by atoms with Crippen LogP contribution in [0.5, 0.6) is 0 Å². The van der Waals surface area contributed by atoms with Gasteiger partial charge >= 0.3 is 23.1 Å². The van der Waals surface area contributed by atoms with Crippen molar-refractivity contribution in [1.29, 1.82) is 0 Å². The number of unbranched alkanes of at least 4 members (excludes halogenated alkanes) is 5. The number of rotatable bonds is 7. The molecule has 1 aromatic rings. The molecule has 0 nitrogen and oxygen atoms in total. The van der Waals surface area contributed by atoms with Crippen LogP contribution >= 0.6 is 11.3 Å². The smallest absolute Gasteiger partial charge is 1.00 e. The van der Waals surface area contributed by atoms with Crippen LogP contribution in [-0.2, 0) is 6.42 Å². The van der Waals surface area contributed by atoms with Crippen LogP contribution < -0.4 is 17.0 Å². The zero-order valence-corrected chi connectivity index (χ0v) is 13.4. The van der Waals surface area contributed by atoms with Crippen molar-refractivity contribution in [3.8, 4) is 0 Å². The Morgan fingerprint density at radius 2 is 1.80 bits per heavy atom. The van der Waals surface area contributed by atoms with Crippen LogP contribution in [0.4, 0.5) is 0 Å². The Morgan fingerprint density at radius 1 is 1.13 bits per heavy atom. The van der Waals surface area contributed by atoms with Gasteiger partial charge in [-0.2, -0.15) is 10.9 Å². The normalized spacial score (nSPS) is 9.13. The minimum Gasteiger partial charge on any atom is -1.00 e. The zero-order chi connectivity index (χ0) is 9.36. The summed E-state index contributed by atoms with van der Waals surface area (Å²) in [6.45, 7) is 2.26. The van der Waals surface area contributed by atoms with E-state index in [-0.39, 0.29) is 40.0 Å². The van der Waals surface area contributed by atoms with Crippen LogP contribution in [0.3, 0.4) is 0 Å².